The van der Waals surface area contributed by atoms with E-state index in [9.17, 15) is 14.0 Å². The molecule has 0 atom stereocenters. The van der Waals surface area contributed by atoms with Crippen molar-refractivity contribution in [1.29, 1.82) is 0 Å². The van der Waals surface area contributed by atoms with Gasteiger partial charge in [0.05, 0.1) is 16.7 Å². The zero-order valence-corrected chi connectivity index (χ0v) is 15.2. The number of fused-ring (bicyclic) bond motifs is 1. The van der Waals surface area contributed by atoms with Gasteiger partial charge in [-0.3, -0.25) is 14.2 Å². The first kappa shape index (κ1) is 18.1. The molecular weight excluding hydrogens is 353 g/mol. The van der Waals surface area contributed by atoms with E-state index < -0.39 is 5.82 Å². The topological polar surface area (TPSA) is 64.0 Å². The van der Waals surface area contributed by atoms with Crippen molar-refractivity contribution in [3.05, 3.63) is 64.7 Å². The number of hydrogen-bond acceptors (Lipinski definition) is 4. The Labute approximate surface area is 154 Å². The zero-order chi connectivity index (χ0) is 18.7. The van der Waals surface area contributed by atoms with E-state index in [4.69, 9.17) is 0 Å². The number of thioether (sulfide) groups is 1. The lowest BCUT2D eigenvalue weighted by molar-refractivity contribution is -0.113. The number of carbonyl (C=O) groups is 1. The molecule has 0 unspecified atom stereocenters. The minimum Gasteiger partial charge on any atom is -0.325 e. The Morgan fingerprint density at radius 2 is 2.00 bits per heavy atom. The fourth-order valence-corrected chi connectivity index (χ4v) is 3.50. The summed E-state index contributed by atoms with van der Waals surface area (Å²) in [4.78, 5) is 29.4. The first-order valence-electron chi connectivity index (χ1n) is 8.15. The number of para-hydroxylation sites is 1. The van der Waals surface area contributed by atoms with Gasteiger partial charge in [0.2, 0.25) is 5.91 Å². The van der Waals surface area contributed by atoms with Gasteiger partial charge in [-0.05, 0) is 44.2 Å². The molecule has 26 heavy (non-hydrogen) atoms. The monoisotopic (exact) mass is 371 g/mol. The van der Waals surface area contributed by atoms with E-state index in [1.54, 1.807) is 28.8 Å². The standard InChI is InChI=1S/C19H18FN3O2S/c1-12(2)23-18(25)15-8-3-4-9-16(15)22-19(23)26-11-17(24)21-14-7-5-6-13(20)10-14/h3-10,12H,11H2,1-2H3,(H,21,24). The molecule has 0 aliphatic rings. The molecule has 1 N–H and O–H groups in total. The van der Waals surface area contributed by atoms with Crippen LogP contribution < -0.4 is 10.9 Å². The second kappa shape index (κ2) is 7.70. The highest BCUT2D eigenvalue weighted by Crippen LogP contribution is 2.21. The van der Waals surface area contributed by atoms with Gasteiger partial charge in [0.1, 0.15) is 5.82 Å². The third kappa shape index (κ3) is 3.94. The number of halogens is 1. The molecule has 0 aliphatic carbocycles. The van der Waals surface area contributed by atoms with Crippen LogP contribution in [0.15, 0.2) is 58.5 Å². The van der Waals surface area contributed by atoms with Gasteiger partial charge in [-0.1, -0.05) is 30.0 Å². The summed E-state index contributed by atoms with van der Waals surface area (Å²) in [5.74, 6) is -0.646. The largest absolute Gasteiger partial charge is 0.325 e. The molecule has 0 bridgehead atoms. The summed E-state index contributed by atoms with van der Waals surface area (Å²) in [6.07, 6.45) is 0. The van der Waals surface area contributed by atoms with E-state index in [0.29, 0.717) is 21.7 Å². The maximum Gasteiger partial charge on any atom is 0.262 e. The SMILES string of the molecule is CC(C)n1c(SCC(=O)Nc2cccc(F)c2)nc2ccccc2c1=O. The predicted molar refractivity (Wildman–Crippen MR) is 102 cm³/mol. The van der Waals surface area contributed by atoms with E-state index >= 15 is 0 Å². The summed E-state index contributed by atoms with van der Waals surface area (Å²) in [6.45, 7) is 3.80. The molecule has 1 aromatic heterocycles. The maximum atomic E-state index is 13.2. The summed E-state index contributed by atoms with van der Waals surface area (Å²) < 4.78 is 14.8. The van der Waals surface area contributed by atoms with Crippen molar-refractivity contribution >= 4 is 34.3 Å². The number of benzene rings is 2. The van der Waals surface area contributed by atoms with Gasteiger partial charge in [0, 0.05) is 11.7 Å². The van der Waals surface area contributed by atoms with Gasteiger partial charge >= 0.3 is 0 Å². The van der Waals surface area contributed by atoms with Crippen LogP contribution in [0.4, 0.5) is 10.1 Å². The van der Waals surface area contributed by atoms with E-state index in [0.717, 1.165) is 0 Å². The Kier molecular flexibility index (Phi) is 5.37. The van der Waals surface area contributed by atoms with E-state index in [2.05, 4.69) is 10.3 Å². The number of nitrogens with zero attached hydrogens (tertiary/aromatic N) is 2. The van der Waals surface area contributed by atoms with Crippen LogP contribution in [-0.4, -0.2) is 21.2 Å². The molecule has 0 saturated heterocycles. The van der Waals surface area contributed by atoms with Crippen LogP contribution in [0.1, 0.15) is 19.9 Å². The smallest absolute Gasteiger partial charge is 0.262 e. The normalized spacial score (nSPS) is 11.1. The number of rotatable bonds is 5. The van der Waals surface area contributed by atoms with Crippen molar-refractivity contribution < 1.29 is 9.18 Å². The fourth-order valence-electron chi connectivity index (χ4n) is 2.58. The summed E-state index contributed by atoms with van der Waals surface area (Å²) in [5, 5.41) is 3.67. The lowest BCUT2D eigenvalue weighted by Gasteiger charge is -2.16. The lowest BCUT2D eigenvalue weighted by atomic mass is 10.2. The van der Waals surface area contributed by atoms with Gasteiger partial charge in [-0.2, -0.15) is 0 Å². The number of anilines is 1. The molecule has 5 nitrogen and oxygen atoms in total. The highest BCUT2D eigenvalue weighted by molar-refractivity contribution is 7.99. The fraction of sp³-hybridized carbons (Fsp3) is 0.211. The third-order valence-corrected chi connectivity index (χ3v) is 4.69. The number of carbonyl (C=O) groups excluding carboxylic acids is 1. The van der Waals surface area contributed by atoms with Crippen LogP contribution in [0, 0.1) is 5.82 Å². The zero-order valence-electron chi connectivity index (χ0n) is 14.4. The van der Waals surface area contributed by atoms with Gasteiger partial charge in [-0.25, -0.2) is 9.37 Å². The quantitative estimate of drug-likeness (QED) is 0.547. The summed E-state index contributed by atoms with van der Waals surface area (Å²) in [7, 11) is 0. The number of hydrogen-bond donors (Lipinski definition) is 1. The molecule has 134 valence electrons. The minimum absolute atomic E-state index is 0.0635. The average Bonchev–Trinajstić information content (AvgIpc) is 2.59. The van der Waals surface area contributed by atoms with Gasteiger partial charge in [-0.15, -0.1) is 0 Å². The van der Waals surface area contributed by atoms with Gasteiger partial charge in [0.25, 0.3) is 5.56 Å². The molecule has 0 radical (unpaired) electrons. The summed E-state index contributed by atoms with van der Waals surface area (Å²) in [6, 6.07) is 12.8. The second-order valence-electron chi connectivity index (χ2n) is 6.03. The van der Waals surface area contributed by atoms with Crippen LogP contribution in [0.25, 0.3) is 10.9 Å². The Morgan fingerprint density at radius 1 is 1.23 bits per heavy atom. The van der Waals surface area contributed by atoms with Crippen molar-refractivity contribution in [2.75, 3.05) is 11.1 Å². The van der Waals surface area contributed by atoms with Crippen LogP contribution in [0.2, 0.25) is 0 Å². The van der Waals surface area contributed by atoms with Crippen LogP contribution in [-0.2, 0) is 4.79 Å². The Morgan fingerprint density at radius 3 is 2.73 bits per heavy atom. The van der Waals surface area contributed by atoms with E-state index in [1.165, 1.54) is 30.0 Å². The van der Waals surface area contributed by atoms with E-state index in [-0.39, 0.29) is 23.3 Å². The Hall–Kier alpha value is -2.67. The lowest BCUT2D eigenvalue weighted by Crippen LogP contribution is -2.25. The highest BCUT2D eigenvalue weighted by atomic mass is 32.2. The van der Waals surface area contributed by atoms with Crippen LogP contribution in [0.3, 0.4) is 0 Å². The molecule has 1 heterocycles. The van der Waals surface area contributed by atoms with Crippen molar-refractivity contribution in [2.45, 2.75) is 25.0 Å². The summed E-state index contributed by atoms with van der Waals surface area (Å²) in [5.41, 5.74) is 0.865. The van der Waals surface area contributed by atoms with Gasteiger partial charge < -0.3 is 5.32 Å². The van der Waals surface area contributed by atoms with Crippen molar-refractivity contribution in [3.63, 3.8) is 0 Å². The minimum atomic E-state index is -0.416. The number of amides is 1. The second-order valence-corrected chi connectivity index (χ2v) is 6.97. The number of nitrogens with one attached hydrogen (secondary N) is 1. The molecule has 3 aromatic rings. The molecular formula is C19H18FN3O2S. The van der Waals surface area contributed by atoms with Crippen molar-refractivity contribution in [3.8, 4) is 0 Å². The molecule has 0 saturated carbocycles. The Balaban J connectivity index is 1.83. The third-order valence-electron chi connectivity index (χ3n) is 3.73. The predicted octanol–water partition coefficient (Wildman–Crippen LogP) is 3.85. The van der Waals surface area contributed by atoms with Crippen molar-refractivity contribution in [2.24, 2.45) is 0 Å². The van der Waals surface area contributed by atoms with Crippen LogP contribution >= 0.6 is 11.8 Å². The number of aromatic nitrogens is 2. The molecule has 0 spiro atoms. The molecule has 0 fully saturated rings. The van der Waals surface area contributed by atoms with Crippen molar-refractivity contribution in [1.82, 2.24) is 9.55 Å². The Bertz CT molecular complexity index is 1020. The average molecular weight is 371 g/mol. The first-order chi connectivity index (χ1) is 12.5. The molecule has 7 heteroatoms. The molecule has 3 rings (SSSR count). The first-order valence-corrected chi connectivity index (χ1v) is 9.14. The van der Waals surface area contributed by atoms with Gasteiger partial charge in [0.15, 0.2) is 5.16 Å². The van der Waals surface area contributed by atoms with E-state index in [1.807, 2.05) is 19.9 Å². The molecule has 0 aliphatic heterocycles. The maximum absolute atomic E-state index is 13.2. The molecule has 1 amide bonds. The summed E-state index contributed by atoms with van der Waals surface area (Å²) >= 11 is 1.18. The highest BCUT2D eigenvalue weighted by Gasteiger charge is 2.15. The molecule has 2 aromatic carbocycles. The van der Waals surface area contributed by atoms with Crippen LogP contribution in [0.5, 0.6) is 0 Å².